The molecule has 1 heterocycles. The number of carbonyl (C=O) groups is 1. The van der Waals surface area contributed by atoms with Gasteiger partial charge in [0.25, 0.3) is 0 Å². The first kappa shape index (κ1) is 14.6. The summed E-state index contributed by atoms with van der Waals surface area (Å²) in [5.74, 6) is 0.935. The number of hydrogen-bond acceptors (Lipinski definition) is 3. The highest BCUT2D eigenvalue weighted by atomic mass is 32.1. The third-order valence-corrected chi connectivity index (χ3v) is 4.47. The first-order valence-electron chi connectivity index (χ1n) is 7.05. The molecule has 1 saturated heterocycles. The smallest absolute Gasteiger partial charge is 0.182 e. The Bertz CT molecular complexity index is 433. The lowest BCUT2D eigenvalue weighted by Gasteiger charge is -2.39. The summed E-state index contributed by atoms with van der Waals surface area (Å²) < 4.78 is 0. The summed E-state index contributed by atoms with van der Waals surface area (Å²) >= 11 is 4.24. The van der Waals surface area contributed by atoms with Gasteiger partial charge in [0, 0.05) is 11.3 Å². The SMILES string of the molecule is CC(C)(C(=O)c1ccc(CS)cc1)N1CCCCC1. The molecule has 2 rings (SSSR count). The molecule has 104 valence electrons. The van der Waals surface area contributed by atoms with Crippen molar-refractivity contribution in [2.45, 2.75) is 44.4 Å². The lowest BCUT2D eigenvalue weighted by Crippen LogP contribution is -2.52. The predicted octanol–water partition coefficient (Wildman–Crippen LogP) is 3.56. The number of likely N-dealkylation sites (tertiary alicyclic amines) is 1. The molecule has 0 N–H and O–H groups in total. The molecule has 1 aromatic rings. The Kier molecular flexibility index (Phi) is 4.69. The molecule has 3 heteroatoms. The fourth-order valence-electron chi connectivity index (χ4n) is 2.71. The fraction of sp³-hybridized carbons (Fsp3) is 0.562. The Morgan fingerprint density at radius 3 is 2.26 bits per heavy atom. The molecule has 19 heavy (non-hydrogen) atoms. The molecule has 2 nitrogen and oxygen atoms in total. The standard InChI is InChI=1S/C16H23NOS/c1-16(2,17-10-4-3-5-11-17)15(18)14-8-6-13(12-19)7-9-14/h6-9,19H,3-5,10-12H2,1-2H3. The van der Waals surface area contributed by atoms with Crippen molar-refractivity contribution in [1.29, 1.82) is 0 Å². The van der Waals surface area contributed by atoms with Crippen molar-refractivity contribution in [3.8, 4) is 0 Å². The molecule has 0 unspecified atom stereocenters. The molecular weight excluding hydrogens is 254 g/mol. The van der Waals surface area contributed by atoms with E-state index in [1.165, 1.54) is 19.3 Å². The Hall–Kier alpha value is -0.800. The van der Waals surface area contributed by atoms with Gasteiger partial charge < -0.3 is 0 Å². The zero-order chi connectivity index (χ0) is 13.9. The number of carbonyl (C=O) groups excluding carboxylic acids is 1. The molecule has 0 atom stereocenters. The molecule has 1 aliphatic heterocycles. The quantitative estimate of drug-likeness (QED) is 0.671. The first-order valence-corrected chi connectivity index (χ1v) is 7.68. The highest BCUT2D eigenvalue weighted by molar-refractivity contribution is 7.79. The highest BCUT2D eigenvalue weighted by Gasteiger charge is 2.35. The number of hydrogen-bond donors (Lipinski definition) is 1. The Balaban J connectivity index is 2.15. The van der Waals surface area contributed by atoms with Gasteiger partial charge in [0.15, 0.2) is 5.78 Å². The normalized spacial score (nSPS) is 17.4. The van der Waals surface area contributed by atoms with E-state index < -0.39 is 5.54 Å². The molecule has 0 aliphatic carbocycles. The second-order valence-corrected chi connectivity index (χ2v) is 6.11. The van der Waals surface area contributed by atoms with Gasteiger partial charge in [0.1, 0.15) is 0 Å². The lowest BCUT2D eigenvalue weighted by molar-refractivity contribution is 0.0579. The van der Waals surface area contributed by atoms with E-state index >= 15 is 0 Å². The number of nitrogens with zero attached hydrogens (tertiary/aromatic N) is 1. The fourth-order valence-corrected chi connectivity index (χ4v) is 2.92. The molecule has 1 aliphatic rings. The number of rotatable bonds is 4. The van der Waals surface area contributed by atoms with Gasteiger partial charge in [-0.1, -0.05) is 30.7 Å². The maximum Gasteiger partial charge on any atom is 0.182 e. The summed E-state index contributed by atoms with van der Waals surface area (Å²) in [7, 11) is 0. The molecule has 0 aromatic heterocycles. The Labute approximate surface area is 121 Å². The van der Waals surface area contributed by atoms with E-state index in [1.807, 2.05) is 38.1 Å². The topological polar surface area (TPSA) is 20.3 Å². The third-order valence-electron chi connectivity index (χ3n) is 4.10. The number of piperidine rings is 1. The van der Waals surface area contributed by atoms with E-state index in [4.69, 9.17) is 0 Å². The molecule has 0 bridgehead atoms. The van der Waals surface area contributed by atoms with Crippen LogP contribution in [0, 0.1) is 0 Å². The number of thiol groups is 1. The van der Waals surface area contributed by atoms with Crippen LogP contribution >= 0.6 is 12.6 Å². The van der Waals surface area contributed by atoms with Crippen LogP contribution in [0.4, 0.5) is 0 Å². The van der Waals surface area contributed by atoms with E-state index in [-0.39, 0.29) is 5.78 Å². The minimum Gasteiger partial charge on any atom is -0.292 e. The van der Waals surface area contributed by atoms with Crippen LogP contribution in [-0.2, 0) is 5.75 Å². The highest BCUT2D eigenvalue weighted by Crippen LogP contribution is 2.24. The summed E-state index contributed by atoms with van der Waals surface area (Å²) in [5, 5.41) is 0. The van der Waals surface area contributed by atoms with Gasteiger partial charge in [-0.25, -0.2) is 0 Å². The van der Waals surface area contributed by atoms with Crippen molar-refractivity contribution in [2.75, 3.05) is 13.1 Å². The third kappa shape index (κ3) is 3.21. The number of ketones is 1. The molecule has 0 saturated carbocycles. The van der Waals surface area contributed by atoms with Crippen molar-refractivity contribution in [3.05, 3.63) is 35.4 Å². The molecule has 1 fully saturated rings. The average molecular weight is 277 g/mol. The maximum absolute atomic E-state index is 12.7. The molecule has 0 spiro atoms. The largest absolute Gasteiger partial charge is 0.292 e. The Morgan fingerprint density at radius 1 is 1.16 bits per heavy atom. The van der Waals surface area contributed by atoms with Gasteiger partial charge >= 0.3 is 0 Å². The van der Waals surface area contributed by atoms with E-state index in [2.05, 4.69) is 17.5 Å². The predicted molar refractivity (Wildman–Crippen MR) is 83.0 cm³/mol. The second-order valence-electron chi connectivity index (χ2n) is 5.79. The zero-order valence-electron chi connectivity index (χ0n) is 11.9. The summed E-state index contributed by atoms with van der Waals surface area (Å²) in [5.41, 5.74) is 1.56. The van der Waals surface area contributed by atoms with Crippen LogP contribution in [0.5, 0.6) is 0 Å². The van der Waals surface area contributed by atoms with Crippen molar-refractivity contribution in [3.63, 3.8) is 0 Å². The summed E-state index contributed by atoms with van der Waals surface area (Å²) in [4.78, 5) is 15.0. The second kappa shape index (κ2) is 6.10. The van der Waals surface area contributed by atoms with Crippen molar-refractivity contribution < 1.29 is 4.79 Å². The van der Waals surface area contributed by atoms with E-state index in [1.54, 1.807) is 0 Å². The minimum atomic E-state index is -0.400. The van der Waals surface area contributed by atoms with Crippen molar-refractivity contribution in [1.82, 2.24) is 4.90 Å². The van der Waals surface area contributed by atoms with Crippen molar-refractivity contribution >= 4 is 18.4 Å². The van der Waals surface area contributed by atoms with Crippen LogP contribution in [0.3, 0.4) is 0 Å². The van der Waals surface area contributed by atoms with Gasteiger partial charge in [-0.15, -0.1) is 0 Å². The first-order chi connectivity index (χ1) is 9.05. The summed E-state index contributed by atoms with van der Waals surface area (Å²) in [6.07, 6.45) is 3.70. The molecule has 0 amide bonds. The van der Waals surface area contributed by atoms with Gasteiger partial charge in [-0.05, 0) is 45.3 Å². The van der Waals surface area contributed by atoms with Crippen LogP contribution in [0.15, 0.2) is 24.3 Å². The van der Waals surface area contributed by atoms with Crippen LogP contribution in [-0.4, -0.2) is 29.3 Å². The van der Waals surface area contributed by atoms with Crippen LogP contribution in [0.25, 0.3) is 0 Å². The Morgan fingerprint density at radius 2 is 1.74 bits per heavy atom. The van der Waals surface area contributed by atoms with Crippen molar-refractivity contribution in [2.24, 2.45) is 0 Å². The van der Waals surface area contributed by atoms with Crippen LogP contribution < -0.4 is 0 Å². The molecular formula is C16H23NOS. The maximum atomic E-state index is 12.7. The number of Topliss-reactive ketones (excluding diaryl/α,β-unsaturated/α-hetero) is 1. The van der Waals surface area contributed by atoms with E-state index in [9.17, 15) is 4.79 Å². The van der Waals surface area contributed by atoms with Crippen LogP contribution in [0.2, 0.25) is 0 Å². The van der Waals surface area contributed by atoms with Gasteiger partial charge in [-0.2, -0.15) is 12.6 Å². The van der Waals surface area contributed by atoms with E-state index in [0.29, 0.717) is 5.75 Å². The number of benzene rings is 1. The molecule has 0 radical (unpaired) electrons. The molecule has 1 aromatic carbocycles. The summed E-state index contributed by atoms with van der Waals surface area (Å²) in [6, 6.07) is 7.85. The average Bonchev–Trinajstić information content (AvgIpc) is 2.47. The van der Waals surface area contributed by atoms with Crippen LogP contribution in [0.1, 0.15) is 49.0 Å². The van der Waals surface area contributed by atoms with Gasteiger partial charge in [-0.3, -0.25) is 9.69 Å². The lowest BCUT2D eigenvalue weighted by atomic mass is 9.89. The monoisotopic (exact) mass is 277 g/mol. The van der Waals surface area contributed by atoms with Gasteiger partial charge in [0.05, 0.1) is 5.54 Å². The summed E-state index contributed by atoms with van der Waals surface area (Å²) in [6.45, 7) is 6.17. The van der Waals surface area contributed by atoms with E-state index in [0.717, 1.165) is 24.2 Å². The van der Waals surface area contributed by atoms with Gasteiger partial charge in [0.2, 0.25) is 0 Å². The minimum absolute atomic E-state index is 0.222. The zero-order valence-corrected chi connectivity index (χ0v) is 12.7.